The van der Waals surface area contributed by atoms with E-state index in [0.717, 1.165) is 6.08 Å². The molecule has 0 saturated heterocycles. The van der Waals surface area contributed by atoms with Crippen molar-refractivity contribution in [2.45, 2.75) is 12.4 Å². The first-order valence-electron chi connectivity index (χ1n) is 3.45. The summed E-state index contributed by atoms with van der Waals surface area (Å²) in [5.74, 6) is -0.626. The van der Waals surface area contributed by atoms with E-state index in [1.807, 2.05) is 0 Å². The molecule has 0 aliphatic carbocycles. The summed E-state index contributed by atoms with van der Waals surface area (Å²) in [6.07, 6.45) is 0.937. The Morgan fingerprint density at radius 1 is 1.40 bits per heavy atom. The van der Waals surface area contributed by atoms with Crippen molar-refractivity contribution in [1.82, 2.24) is 0 Å². The van der Waals surface area contributed by atoms with Crippen LogP contribution in [0.15, 0.2) is 11.8 Å². The Labute approximate surface area is 83.6 Å². The third kappa shape index (κ3) is 4.19. The number of halogens is 3. The smallest absolute Gasteiger partial charge is 0.460 e. The summed E-state index contributed by atoms with van der Waals surface area (Å²) in [5.41, 5.74) is -5.51. The van der Waals surface area contributed by atoms with Crippen LogP contribution in [-0.2, 0) is 23.8 Å². The highest BCUT2D eigenvalue weighted by molar-refractivity contribution is 7.87. The van der Waals surface area contributed by atoms with Crippen LogP contribution in [0.2, 0.25) is 0 Å². The zero-order valence-corrected chi connectivity index (χ0v) is 8.26. The molecule has 0 aromatic rings. The highest BCUT2D eigenvalue weighted by atomic mass is 32.2. The van der Waals surface area contributed by atoms with E-state index in [4.69, 9.17) is 0 Å². The fourth-order valence-corrected chi connectivity index (χ4v) is 0.980. The molecule has 0 aromatic heterocycles. The zero-order chi connectivity index (χ0) is 12.1. The van der Waals surface area contributed by atoms with Crippen LogP contribution < -0.4 is 0 Å². The molecule has 0 heterocycles. The van der Waals surface area contributed by atoms with E-state index in [2.05, 4.69) is 8.92 Å². The van der Waals surface area contributed by atoms with Crippen LogP contribution in [0.1, 0.15) is 6.92 Å². The predicted molar refractivity (Wildman–Crippen MR) is 41.8 cm³/mol. The Bertz CT molecular complexity index is 342. The molecule has 15 heavy (non-hydrogen) atoms. The highest BCUT2D eigenvalue weighted by Gasteiger charge is 2.48. The Hall–Kier alpha value is -1.25. The van der Waals surface area contributed by atoms with Crippen LogP contribution in [-0.4, -0.2) is 27.0 Å². The van der Waals surface area contributed by atoms with Gasteiger partial charge in [-0.15, -0.1) is 0 Å². The van der Waals surface area contributed by atoms with E-state index in [0.29, 0.717) is 0 Å². The average Bonchev–Trinajstić information content (AvgIpc) is 2.10. The Morgan fingerprint density at radius 3 is 2.27 bits per heavy atom. The van der Waals surface area contributed by atoms with Crippen LogP contribution in [0.3, 0.4) is 0 Å². The maximum atomic E-state index is 11.8. The van der Waals surface area contributed by atoms with Crippen molar-refractivity contribution in [3.63, 3.8) is 0 Å². The normalized spacial score (nSPS) is 13.5. The molecule has 0 radical (unpaired) electrons. The first kappa shape index (κ1) is 13.8. The van der Waals surface area contributed by atoms with Crippen LogP contribution >= 0.6 is 0 Å². The molecule has 0 spiro atoms. The van der Waals surface area contributed by atoms with Crippen molar-refractivity contribution >= 4 is 16.6 Å². The van der Waals surface area contributed by atoms with E-state index in [9.17, 15) is 26.4 Å². The number of hydrogen-bond acceptors (Lipinski definition) is 5. The van der Waals surface area contributed by atoms with Crippen molar-refractivity contribution in [3.8, 4) is 0 Å². The van der Waals surface area contributed by atoms with Gasteiger partial charge in [-0.05, 0) is 13.0 Å². The molecular formula is C6H7F3O5S. The van der Waals surface area contributed by atoms with Gasteiger partial charge in [-0.3, -0.25) is 4.79 Å². The van der Waals surface area contributed by atoms with E-state index in [-0.39, 0.29) is 6.47 Å². The van der Waals surface area contributed by atoms with Gasteiger partial charge in [-0.2, -0.15) is 21.6 Å². The van der Waals surface area contributed by atoms with Crippen molar-refractivity contribution in [3.05, 3.63) is 11.8 Å². The van der Waals surface area contributed by atoms with Crippen molar-refractivity contribution < 1.29 is 35.3 Å². The molecule has 0 bridgehead atoms. The summed E-state index contributed by atoms with van der Waals surface area (Å²) in [6.45, 7) is 0.498. The minimum atomic E-state index is -5.70. The average molecular weight is 248 g/mol. The van der Waals surface area contributed by atoms with E-state index in [1.54, 1.807) is 0 Å². The molecule has 9 heteroatoms. The second-order valence-corrected chi connectivity index (χ2v) is 3.68. The van der Waals surface area contributed by atoms with Gasteiger partial charge < -0.3 is 8.92 Å². The van der Waals surface area contributed by atoms with Gasteiger partial charge in [0.2, 0.25) is 0 Å². The Kier molecular flexibility index (Phi) is 4.59. The number of allylic oxidation sites excluding steroid dienone is 1. The van der Waals surface area contributed by atoms with Gasteiger partial charge in [0.25, 0.3) is 6.47 Å². The van der Waals surface area contributed by atoms with E-state index < -0.39 is 28.0 Å². The van der Waals surface area contributed by atoms with Crippen LogP contribution in [0.25, 0.3) is 0 Å². The van der Waals surface area contributed by atoms with Crippen LogP contribution in [0.5, 0.6) is 0 Å². The summed E-state index contributed by atoms with van der Waals surface area (Å²) in [6, 6.07) is 0. The molecule has 88 valence electrons. The van der Waals surface area contributed by atoms with Crippen molar-refractivity contribution in [2.75, 3.05) is 6.61 Å². The van der Waals surface area contributed by atoms with Crippen molar-refractivity contribution in [1.29, 1.82) is 0 Å². The number of ether oxygens (including phenoxy) is 1. The van der Waals surface area contributed by atoms with Crippen LogP contribution in [0, 0.1) is 0 Å². The summed E-state index contributed by atoms with van der Waals surface area (Å²) in [5, 5.41) is 0. The third-order valence-electron chi connectivity index (χ3n) is 1.12. The van der Waals surface area contributed by atoms with Crippen molar-refractivity contribution in [2.24, 2.45) is 0 Å². The summed E-state index contributed by atoms with van der Waals surface area (Å²) >= 11 is 0. The lowest BCUT2D eigenvalue weighted by Crippen LogP contribution is -2.26. The largest absolute Gasteiger partial charge is 0.534 e. The maximum absolute atomic E-state index is 11.8. The predicted octanol–water partition coefficient (Wildman–Crippen LogP) is 0.929. The van der Waals surface area contributed by atoms with Gasteiger partial charge in [-0.25, -0.2) is 0 Å². The van der Waals surface area contributed by atoms with Gasteiger partial charge in [0.05, 0.1) is 0 Å². The lowest BCUT2D eigenvalue weighted by atomic mass is 10.5. The zero-order valence-electron chi connectivity index (χ0n) is 7.45. The molecule has 0 aliphatic heterocycles. The molecule has 5 nitrogen and oxygen atoms in total. The van der Waals surface area contributed by atoms with Gasteiger partial charge >= 0.3 is 15.6 Å². The molecule has 0 saturated carbocycles. The Balaban J connectivity index is 4.65. The summed E-state index contributed by atoms with van der Waals surface area (Å²) < 4.78 is 64.0. The number of carbonyl (C=O) groups is 1. The van der Waals surface area contributed by atoms with Gasteiger partial charge in [0.15, 0.2) is 5.76 Å². The number of carbonyl (C=O) groups excluding carboxylic acids is 1. The number of alkyl halides is 3. The van der Waals surface area contributed by atoms with Crippen LogP contribution in [0.4, 0.5) is 13.2 Å². The molecule has 0 rings (SSSR count). The Morgan fingerprint density at radius 2 is 1.93 bits per heavy atom. The fourth-order valence-electron chi connectivity index (χ4n) is 0.460. The minimum absolute atomic E-state index is 0.0485. The number of hydrogen-bond donors (Lipinski definition) is 0. The minimum Gasteiger partial charge on any atom is -0.460 e. The molecule has 0 unspecified atom stereocenters. The fraction of sp³-hybridized carbons (Fsp3) is 0.500. The quantitative estimate of drug-likeness (QED) is 0.313. The van der Waals surface area contributed by atoms with E-state index >= 15 is 0 Å². The van der Waals surface area contributed by atoms with Gasteiger partial charge in [-0.1, -0.05) is 0 Å². The molecule has 0 aliphatic rings. The van der Waals surface area contributed by atoms with Gasteiger partial charge in [0, 0.05) is 0 Å². The third-order valence-corrected chi connectivity index (χ3v) is 2.12. The molecule has 0 aromatic carbocycles. The molecule has 0 amide bonds. The standard InChI is InChI=1S/C6H7F3O5S/c1-2-5(3-13-4-10)14-15(11,12)6(7,8)9/h2,4H,3H2,1H3/b5-2+. The lowest BCUT2D eigenvalue weighted by Gasteiger charge is -2.10. The first-order chi connectivity index (χ1) is 6.74. The second kappa shape index (κ2) is 5.01. The number of rotatable bonds is 5. The second-order valence-electron chi connectivity index (χ2n) is 2.15. The highest BCUT2D eigenvalue weighted by Crippen LogP contribution is 2.26. The van der Waals surface area contributed by atoms with Gasteiger partial charge in [0.1, 0.15) is 6.61 Å². The lowest BCUT2D eigenvalue weighted by molar-refractivity contribution is -0.128. The molecule has 0 atom stereocenters. The SMILES string of the molecule is C/C=C(\COC=O)OS(=O)(=O)C(F)(F)F. The maximum Gasteiger partial charge on any atom is 0.534 e. The molecule has 0 N–H and O–H groups in total. The summed E-state index contributed by atoms with van der Waals surface area (Å²) in [7, 11) is -5.70. The topological polar surface area (TPSA) is 69.7 Å². The monoisotopic (exact) mass is 248 g/mol. The molecule has 0 fully saturated rings. The summed E-state index contributed by atoms with van der Waals surface area (Å²) in [4.78, 5) is 9.71. The first-order valence-corrected chi connectivity index (χ1v) is 4.86. The van der Waals surface area contributed by atoms with E-state index in [1.165, 1.54) is 6.92 Å². The molecular weight excluding hydrogens is 241 g/mol.